The molecule has 0 atom stereocenters. The molecule has 0 saturated carbocycles. The molecule has 0 aliphatic heterocycles. The molecule has 21 heavy (non-hydrogen) atoms. The zero-order valence-electron chi connectivity index (χ0n) is 10.8. The van der Waals surface area contributed by atoms with Gasteiger partial charge in [-0.3, -0.25) is 14.9 Å². The number of carbonyl (C=O) groups is 1. The van der Waals surface area contributed by atoms with Gasteiger partial charge >= 0.3 is 0 Å². The minimum absolute atomic E-state index is 0.111. The topological polar surface area (TPSA) is 69.4 Å². The van der Waals surface area contributed by atoms with Crippen molar-refractivity contribution in [3.63, 3.8) is 0 Å². The van der Waals surface area contributed by atoms with Gasteiger partial charge in [0.05, 0.1) is 11.0 Å². The summed E-state index contributed by atoms with van der Waals surface area (Å²) in [5.41, 5.74) is -0.0989. The van der Waals surface area contributed by atoms with Gasteiger partial charge in [0.15, 0.2) is 23.1 Å². The number of halogens is 2. The first kappa shape index (κ1) is 14.6. The summed E-state index contributed by atoms with van der Waals surface area (Å²) < 4.78 is 32.5. The maximum absolute atomic E-state index is 13.7. The molecular formula is C14H9F2NO4. The van der Waals surface area contributed by atoms with Crippen LogP contribution in [0.2, 0.25) is 0 Å². The number of aldehydes is 1. The first-order valence-corrected chi connectivity index (χ1v) is 5.79. The Morgan fingerprint density at radius 2 is 1.81 bits per heavy atom. The van der Waals surface area contributed by atoms with E-state index in [0.717, 1.165) is 12.1 Å². The van der Waals surface area contributed by atoms with Crippen LogP contribution in [0.4, 0.5) is 14.5 Å². The zero-order chi connectivity index (χ0) is 15.6. The van der Waals surface area contributed by atoms with Crippen molar-refractivity contribution < 1.29 is 23.2 Å². The fourth-order valence-corrected chi connectivity index (χ4v) is 1.71. The highest BCUT2D eigenvalue weighted by Gasteiger charge is 2.17. The molecule has 0 fully saturated rings. The molecule has 0 aliphatic carbocycles. The van der Waals surface area contributed by atoms with E-state index in [9.17, 15) is 23.7 Å². The molecule has 0 radical (unpaired) electrons. The van der Waals surface area contributed by atoms with Crippen molar-refractivity contribution in [1.29, 1.82) is 0 Å². The van der Waals surface area contributed by atoms with Crippen LogP contribution in [-0.4, -0.2) is 11.2 Å². The second kappa shape index (κ2) is 5.66. The van der Waals surface area contributed by atoms with E-state index in [4.69, 9.17) is 4.74 Å². The Labute approximate surface area is 117 Å². The van der Waals surface area contributed by atoms with Gasteiger partial charge < -0.3 is 4.74 Å². The molecule has 2 aromatic rings. The fraction of sp³-hybridized carbons (Fsp3) is 0.0714. The highest BCUT2D eigenvalue weighted by molar-refractivity contribution is 5.75. The lowest BCUT2D eigenvalue weighted by Crippen LogP contribution is -1.97. The molecule has 0 aliphatic rings. The predicted molar refractivity (Wildman–Crippen MR) is 69.7 cm³/mol. The summed E-state index contributed by atoms with van der Waals surface area (Å²) in [6.45, 7) is 1.41. The number of benzene rings is 2. The maximum atomic E-state index is 13.7. The van der Waals surface area contributed by atoms with Gasteiger partial charge in [-0.1, -0.05) is 0 Å². The minimum Gasteiger partial charge on any atom is -0.451 e. The van der Waals surface area contributed by atoms with E-state index in [0.29, 0.717) is 12.4 Å². The van der Waals surface area contributed by atoms with E-state index in [1.807, 2.05) is 0 Å². The molecule has 0 amide bonds. The van der Waals surface area contributed by atoms with E-state index in [-0.39, 0.29) is 22.6 Å². The van der Waals surface area contributed by atoms with Gasteiger partial charge in [-0.2, -0.15) is 0 Å². The highest BCUT2D eigenvalue weighted by Crippen LogP contribution is 2.31. The Morgan fingerprint density at radius 3 is 2.38 bits per heavy atom. The SMILES string of the molecule is Cc1cc(Oc2ccc(C=O)cc2F)c(F)cc1[N+](=O)[O-]. The Kier molecular flexibility index (Phi) is 3.93. The summed E-state index contributed by atoms with van der Waals surface area (Å²) in [5.74, 6) is -2.44. The number of aryl methyl sites for hydroxylation is 1. The van der Waals surface area contributed by atoms with E-state index in [1.165, 1.54) is 19.1 Å². The highest BCUT2D eigenvalue weighted by atomic mass is 19.1. The quantitative estimate of drug-likeness (QED) is 0.488. The number of carbonyl (C=O) groups excluding carboxylic acids is 1. The molecule has 0 heterocycles. The van der Waals surface area contributed by atoms with Crippen molar-refractivity contribution in [2.24, 2.45) is 0 Å². The molecule has 2 rings (SSSR count). The van der Waals surface area contributed by atoms with E-state index >= 15 is 0 Å². The lowest BCUT2D eigenvalue weighted by Gasteiger charge is -2.09. The lowest BCUT2D eigenvalue weighted by atomic mass is 10.2. The monoisotopic (exact) mass is 293 g/mol. The summed E-state index contributed by atoms with van der Waals surface area (Å²) >= 11 is 0. The Balaban J connectivity index is 2.38. The van der Waals surface area contributed by atoms with Gasteiger partial charge in [-0.15, -0.1) is 0 Å². The Hall–Kier alpha value is -2.83. The lowest BCUT2D eigenvalue weighted by molar-refractivity contribution is -0.385. The van der Waals surface area contributed by atoms with Crippen LogP contribution in [0.1, 0.15) is 15.9 Å². The van der Waals surface area contributed by atoms with Crippen LogP contribution in [0.5, 0.6) is 11.5 Å². The number of nitrogens with zero attached hydrogens (tertiary/aromatic N) is 1. The molecule has 108 valence electrons. The molecule has 0 N–H and O–H groups in total. The normalized spacial score (nSPS) is 10.2. The summed E-state index contributed by atoms with van der Waals surface area (Å²) in [5, 5.41) is 10.7. The van der Waals surface area contributed by atoms with E-state index in [2.05, 4.69) is 0 Å². The summed E-state index contributed by atoms with van der Waals surface area (Å²) in [7, 11) is 0. The first-order valence-electron chi connectivity index (χ1n) is 5.79. The molecule has 2 aromatic carbocycles. The number of ether oxygens (including phenoxy) is 1. The van der Waals surface area contributed by atoms with Crippen LogP contribution in [0, 0.1) is 28.7 Å². The molecule has 0 spiro atoms. The maximum Gasteiger partial charge on any atom is 0.275 e. The average molecular weight is 293 g/mol. The molecule has 7 heteroatoms. The van der Waals surface area contributed by atoms with Gasteiger partial charge in [0.2, 0.25) is 0 Å². The van der Waals surface area contributed by atoms with Crippen molar-refractivity contribution in [2.75, 3.05) is 0 Å². The molecule has 0 unspecified atom stereocenters. The predicted octanol–water partition coefficient (Wildman–Crippen LogP) is 3.79. The Morgan fingerprint density at radius 1 is 1.14 bits per heavy atom. The summed E-state index contributed by atoms with van der Waals surface area (Å²) in [6, 6.07) is 5.25. The Bertz CT molecular complexity index is 731. The molecule has 0 bridgehead atoms. The van der Waals surface area contributed by atoms with Crippen LogP contribution in [0.3, 0.4) is 0 Å². The van der Waals surface area contributed by atoms with Gasteiger partial charge in [0, 0.05) is 11.1 Å². The summed E-state index contributed by atoms with van der Waals surface area (Å²) in [6.07, 6.45) is 0.462. The molecule has 0 saturated heterocycles. The van der Waals surface area contributed by atoms with Crippen molar-refractivity contribution >= 4 is 12.0 Å². The summed E-state index contributed by atoms with van der Waals surface area (Å²) in [4.78, 5) is 20.4. The van der Waals surface area contributed by atoms with Crippen molar-refractivity contribution in [3.8, 4) is 11.5 Å². The molecular weight excluding hydrogens is 284 g/mol. The second-order valence-corrected chi connectivity index (χ2v) is 4.24. The smallest absolute Gasteiger partial charge is 0.275 e. The third kappa shape index (κ3) is 3.02. The van der Waals surface area contributed by atoms with Crippen LogP contribution in [0.15, 0.2) is 30.3 Å². The number of nitro groups is 1. The van der Waals surface area contributed by atoms with Crippen molar-refractivity contribution in [1.82, 2.24) is 0 Å². The van der Waals surface area contributed by atoms with Crippen LogP contribution >= 0.6 is 0 Å². The van der Waals surface area contributed by atoms with E-state index in [1.54, 1.807) is 0 Å². The van der Waals surface area contributed by atoms with Crippen molar-refractivity contribution in [2.45, 2.75) is 6.92 Å². The number of rotatable bonds is 4. The molecule has 5 nitrogen and oxygen atoms in total. The number of hydrogen-bond donors (Lipinski definition) is 0. The second-order valence-electron chi connectivity index (χ2n) is 4.24. The first-order chi connectivity index (χ1) is 9.92. The largest absolute Gasteiger partial charge is 0.451 e. The standard InChI is InChI=1S/C14H9F2NO4/c1-8-4-14(11(16)6-12(8)17(19)20)21-13-3-2-9(7-18)5-10(13)15/h2-7H,1H3. The number of hydrogen-bond acceptors (Lipinski definition) is 4. The zero-order valence-corrected chi connectivity index (χ0v) is 10.8. The van der Waals surface area contributed by atoms with Gasteiger partial charge in [0.1, 0.15) is 6.29 Å². The van der Waals surface area contributed by atoms with Crippen LogP contribution in [0.25, 0.3) is 0 Å². The van der Waals surface area contributed by atoms with Crippen molar-refractivity contribution in [3.05, 3.63) is 63.2 Å². The van der Waals surface area contributed by atoms with Gasteiger partial charge in [0.25, 0.3) is 5.69 Å². The van der Waals surface area contributed by atoms with Gasteiger partial charge in [-0.05, 0) is 31.2 Å². The fourth-order valence-electron chi connectivity index (χ4n) is 1.71. The van der Waals surface area contributed by atoms with Crippen LogP contribution < -0.4 is 4.74 Å². The average Bonchev–Trinajstić information content (AvgIpc) is 2.44. The minimum atomic E-state index is -0.980. The third-order valence-corrected chi connectivity index (χ3v) is 2.76. The molecule has 0 aromatic heterocycles. The van der Waals surface area contributed by atoms with Gasteiger partial charge in [-0.25, -0.2) is 8.78 Å². The number of nitro benzene ring substituents is 1. The third-order valence-electron chi connectivity index (χ3n) is 2.76. The van der Waals surface area contributed by atoms with Crippen LogP contribution in [-0.2, 0) is 0 Å². The van der Waals surface area contributed by atoms with E-state index < -0.39 is 22.2 Å².